The van der Waals surface area contributed by atoms with Gasteiger partial charge in [-0.2, -0.15) is 5.26 Å². The lowest BCUT2D eigenvalue weighted by Crippen LogP contribution is -2.00. The molecule has 0 fully saturated rings. The Bertz CT molecular complexity index is 552. The Balaban J connectivity index is 2.59. The number of ether oxygens (including phenoxy) is 1. The van der Waals surface area contributed by atoms with Gasteiger partial charge in [0.2, 0.25) is 6.10 Å². The number of hydrogen-bond acceptors (Lipinski definition) is 3. The van der Waals surface area contributed by atoms with Gasteiger partial charge in [-0.1, -0.05) is 42.5 Å². The van der Waals surface area contributed by atoms with E-state index in [1.807, 2.05) is 42.5 Å². The van der Waals surface area contributed by atoms with Crippen molar-refractivity contribution in [2.45, 2.75) is 6.10 Å². The van der Waals surface area contributed by atoms with Crippen molar-refractivity contribution in [1.29, 1.82) is 5.26 Å². The van der Waals surface area contributed by atoms with Crippen molar-refractivity contribution < 1.29 is 9.53 Å². The van der Waals surface area contributed by atoms with Gasteiger partial charge in [0.25, 0.3) is 0 Å². The van der Waals surface area contributed by atoms with E-state index in [1.165, 1.54) is 6.47 Å². The van der Waals surface area contributed by atoms with Crippen molar-refractivity contribution in [3.05, 3.63) is 48.0 Å². The number of nitriles is 1. The van der Waals surface area contributed by atoms with Crippen molar-refractivity contribution in [1.82, 2.24) is 0 Å². The largest absolute Gasteiger partial charge is 0.433 e. The molecule has 0 aromatic heterocycles. The molecule has 0 saturated heterocycles. The minimum absolute atomic E-state index is 0.684. The Labute approximate surface area is 92.9 Å². The number of fused-ring (bicyclic) bond motifs is 1. The molecule has 0 aliphatic carbocycles. The van der Waals surface area contributed by atoms with E-state index in [1.54, 1.807) is 6.07 Å². The Morgan fingerprint density at radius 3 is 2.62 bits per heavy atom. The van der Waals surface area contributed by atoms with Crippen LogP contribution in [-0.4, -0.2) is 6.47 Å². The highest BCUT2D eigenvalue weighted by Crippen LogP contribution is 2.25. The standard InChI is InChI=1S/C13H8NO2/c14-8-13(16-9-15)12-7-3-5-10-4-1-2-6-11(10)12/h1-7,13H. The maximum absolute atomic E-state index is 10.2. The molecule has 3 heteroatoms. The second-order valence-corrected chi connectivity index (χ2v) is 3.28. The van der Waals surface area contributed by atoms with Crippen LogP contribution in [0.3, 0.4) is 0 Å². The van der Waals surface area contributed by atoms with Gasteiger partial charge in [0.1, 0.15) is 6.07 Å². The summed E-state index contributed by atoms with van der Waals surface area (Å²) in [7, 11) is 0. The van der Waals surface area contributed by atoms with E-state index >= 15 is 0 Å². The lowest BCUT2D eigenvalue weighted by molar-refractivity contribution is 0.230. The number of rotatable bonds is 3. The minimum atomic E-state index is -0.899. The van der Waals surface area contributed by atoms with Gasteiger partial charge < -0.3 is 4.74 Å². The topological polar surface area (TPSA) is 50.1 Å². The number of carbonyl (C=O) groups excluding carboxylic acids is 1. The van der Waals surface area contributed by atoms with Crippen LogP contribution in [0.2, 0.25) is 0 Å². The fourth-order valence-electron chi connectivity index (χ4n) is 1.69. The number of benzene rings is 2. The van der Waals surface area contributed by atoms with Gasteiger partial charge >= 0.3 is 6.47 Å². The van der Waals surface area contributed by atoms with E-state index in [0.29, 0.717) is 5.56 Å². The van der Waals surface area contributed by atoms with E-state index < -0.39 is 6.10 Å². The van der Waals surface area contributed by atoms with Gasteiger partial charge in [0.15, 0.2) is 0 Å². The van der Waals surface area contributed by atoms with Crippen LogP contribution in [0.5, 0.6) is 0 Å². The summed E-state index contributed by atoms with van der Waals surface area (Å²) in [4.78, 5) is 10.2. The molecule has 2 aromatic rings. The van der Waals surface area contributed by atoms with E-state index in [2.05, 4.69) is 4.74 Å². The molecule has 0 aliphatic rings. The predicted octanol–water partition coefficient (Wildman–Crippen LogP) is 2.49. The molecule has 16 heavy (non-hydrogen) atoms. The Hall–Kier alpha value is -2.34. The molecule has 77 valence electrons. The van der Waals surface area contributed by atoms with E-state index in [4.69, 9.17) is 5.26 Å². The van der Waals surface area contributed by atoms with Crippen LogP contribution in [0, 0.1) is 11.3 Å². The molecular weight excluding hydrogens is 202 g/mol. The van der Waals surface area contributed by atoms with Gasteiger partial charge in [0, 0.05) is 5.56 Å². The van der Waals surface area contributed by atoms with Crippen LogP contribution in [-0.2, 0) is 9.53 Å². The summed E-state index contributed by atoms with van der Waals surface area (Å²) in [6.07, 6.45) is -0.899. The molecule has 0 bridgehead atoms. The minimum Gasteiger partial charge on any atom is -0.433 e. The number of hydrogen-bond donors (Lipinski definition) is 0. The van der Waals surface area contributed by atoms with Gasteiger partial charge in [-0.15, -0.1) is 0 Å². The maximum Gasteiger partial charge on any atom is 0.419 e. The van der Waals surface area contributed by atoms with Crippen LogP contribution in [0.1, 0.15) is 11.7 Å². The normalized spacial score (nSPS) is 11.7. The molecule has 2 rings (SSSR count). The van der Waals surface area contributed by atoms with Gasteiger partial charge in [-0.25, -0.2) is 4.79 Å². The number of nitrogens with zero attached hydrogens (tertiary/aromatic N) is 1. The zero-order valence-electron chi connectivity index (χ0n) is 8.38. The Morgan fingerprint density at radius 1 is 1.12 bits per heavy atom. The van der Waals surface area contributed by atoms with Crippen molar-refractivity contribution in [2.75, 3.05) is 0 Å². The van der Waals surface area contributed by atoms with Crippen LogP contribution < -0.4 is 0 Å². The average molecular weight is 210 g/mol. The van der Waals surface area contributed by atoms with Gasteiger partial charge in [-0.3, -0.25) is 0 Å². The summed E-state index contributed by atoms with van der Waals surface area (Å²) in [6.45, 7) is 1.31. The third kappa shape index (κ3) is 1.73. The first-order chi connectivity index (χ1) is 7.86. The third-order valence-corrected chi connectivity index (χ3v) is 2.39. The zero-order chi connectivity index (χ0) is 11.4. The molecule has 0 N–H and O–H groups in total. The van der Waals surface area contributed by atoms with Crippen LogP contribution in [0.15, 0.2) is 42.5 Å². The van der Waals surface area contributed by atoms with Gasteiger partial charge in [-0.05, 0) is 10.8 Å². The van der Waals surface area contributed by atoms with Crippen molar-refractivity contribution >= 4 is 17.2 Å². The molecule has 0 saturated carbocycles. The summed E-state index contributed by atoms with van der Waals surface area (Å²) in [5.41, 5.74) is 0.684. The molecule has 1 radical (unpaired) electrons. The molecule has 0 spiro atoms. The van der Waals surface area contributed by atoms with E-state index in [-0.39, 0.29) is 0 Å². The molecule has 1 unspecified atom stereocenters. The first-order valence-corrected chi connectivity index (χ1v) is 4.77. The van der Waals surface area contributed by atoms with Crippen molar-refractivity contribution in [3.8, 4) is 6.07 Å². The quantitative estimate of drug-likeness (QED) is 0.781. The Morgan fingerprint density at radius 2 is 1.88 bits per heavy atom. The van der Waals surface area contributed by atoms with Gasteiger partial charge in [0.05, 0.1) is 0 Å². The zero-order valence-corrected chi connectivity index (χ0v) is 8.38. The third-order valence-electron chi connectivity index (χ3n) is 2.39. The van der Waals surface area contributed by atoms with Crippen LogP contribution in [0.25, 0.3) is 10.8 Å². The molecule has 3 nitrogen and oxygen atoms in total. The van der Waals surface area contributed by atoms with Crippen molar-refractivity contribution in [3.63, 3.8) is 0 Å². The Kier molecular flexibility index (Phi) is 2.84. The summed E-state index contributed by atoms with van der Waals surface area (Å²) >= 11 is 0. The predicted molar refractivity (Wildman–Crippen MR) is 59.1 cm³/mol. The maximum atomic E-state index is 10.2. The molecule has 2 aromatic carbocycles. The summed E-state index contributed by atoms with van der Waals surface area (Å²) in [6, 6.07) is 15.1. The van der Waals surface area contributed by atoms with Crippen molar-refractivity contribution in [2.24, 2.45) is 0 Å². The molecule has 0 aliphatic heterocycles. The van der Waals surface area contributed by atoms with E-state index in [0.717, 1.165) is 10.8 Å². The van der Waals surface area contributed by atoms with Crippen LogP contribution >= 0.6 is 0 Å². The first-order valence-electron chi connectivity index (χ1n) is 4.77. The lowest BCUT2D eigenvalue weighted by atomic mass is 10.0. The second kappa shape index (κ2) is 4.45. The molecule has 0 heterocycles. The fourth-order valence-corrected chi connectivity index (χ4v) is 1.69. The van der Waals surface area contributed by atoms with E-state index in [9.17, 15) is 4.79 Å². The highest BCUT2D eigenvalue weighted by Gasteiger charge is 2.14. The SMILES string of the molecule is N#CC(O[C]=O)c1cccc2ccccc12. The second-order valence-electron chi connectivity index (χ2n) is 3.28. The smallest absolute Gasteiger partial charge is 0.419 e. The fraction of sp³-hybridized carbons (Fsp3) is 0.0769. The van der Waals surface area contributed by atoms with Crippen LogP contribution in [0.4, 0.5) is 0 Å². The monoisotopic (exact) mass is 210 g/mol. The first kappa shape index (κ1) is 10.2. The highest BCUT2D eigenvalue weighted by atomic mass is 16.5. The average Bonchev–Trinajstić information content (AvgIpc) is 2.35. The lowest BCUT2D eigenvalue weighted by Gasteiger charge is -2.09. The summed E-state index contributed by atoms with van der Waals surface area (Å²) in [5, 5.41) is 10.8. The highest BCUT2D eigenvalue weighted by molar-refractivity contribution is 5.86. The molecule has 0 amide bonds. The molecule has 1 atom stereocenters. The summed E-state index contributed by atoms with van der Waals surface area (Å²) in [5.74, 6) is 0. The summed E-state index contributed by atoms with van der Waals surface area (Å²) < 4.78 is 4.62. The molecular formula is C13H8NO2.